The molecule has 2 rings (SSSR count). The first-order chi connectivity index (χ1) is 8.19. The molecule has 0 aliphatic carbocycles. The van der Waals surface area contributed by atoms with E-state index in [0.29, 0.717) is 25.9 Å². The molecule has 1 atom stereocenters. The second-order valence-electron chi connectivity index (χ2n) is 4.31. The number of carbonyl (C=O) groups excluding carboxylic acids is 1. The van der Waals surface area contributed by atoms with Crippen molar-refractivity contribution in [3.05, 3.63) is 29.8 Å². The van der Waals surface area contributed by atoms with E-state index in [0.717, 1.165) is 11.3 Å². The molecular weight excluding hydrogens is 218 g/mol. The van der Waals surface area contributed by atoms with Crippen molar-refractivity contribution in [1.29, 1.82) is 0 Å². The third-order valence-corrected chi connectivity index (χ3v) is 3.01. The SMILES string of the molecule is COc1ccc(CN2C[C@@H](O)CCC2=O)cc1. The van der Waals surface area contributed by atoms with Crippen LogP contribution in [0.4, 0.5) is 0 Å². The van der Waals surface area contributed by atoms with E-state index in [4.69, 9.17) is 4.74 Å². The second kappa shape index (κ2) is 5.19. The Hall–Kier alpha value is -1.55. The summed E-state index contributed by atoms with van der Waals surface area (Å²) in [5.41, 5.74) is 1.05. The number of benzene rings is 1. The predicted molar refractivity (Wildman–Crippen MR) is 63.7 cm³/mol. The molecule has 0 aromatic heterocycles. The Morgan fingerprint density at radius 2 is 2.12 bits per heavy atom. The molecule has 1 aliphatic heterocycles. The van der Waals surface area contributed by atoms with Crippen molar-refractivity contribution in [3.8, 4) is 5.75 Å². The van der Waals surface area contributed by atoms with Crippen molar-refractivity contribution in [2.24, 2.45) is 0 Å². The van der Waals surface area contributed by atoms with E-state index in [1.54, 1.807) is 12.0 Å². The Labute approximate surface area is 101 Å². The number of ether oxygens (including phenoxy) is 1. The molecule has 0 radical (unpaired) electrons. The number of carbonyl (C=O) groups is 1. The molecule has 1 heterocycles. The maximum atomic E-state index is 11.7. The fraction of sp³-hybridized carbons (Fsp3) is 0.462. The topological polar surface area (TPSA) is 49.8 Å². The van der Waals surface area contributed by atoms with Gasteiger partial charge in [0.25, 0.3) is 0 Å². The molecule has 4 nitrogen and oxygen atoms in total. The van der Waals surface area contributed by atoms with Crippen LogP contribution in [-0.4, -0.2) is 35.7 Å². The highest BCUT2D eigenvalue weighted by Gasteiger charge is 2.23. The lowest BCUT2D eigenvalue weighted by Crippen LogP contribution is -2.41. The third-order valence-electron chi connectivity index (χ3n) is 3.01. The van der Waals surface area contributed by atoms with E-state index < -0.39 is 0 Å². The zero-order valence-corrected chi connectivity index (χ0v) is 9.93. The summed E-state index contributed by atoms with van der Waals surface area (Å²) >= 11 is 0. The zero-order chi connectivity index (χ0) is 12.3. The molecule has 0 bridgehead atoms. The van der Waals surface area contributed by atoms with Crippen LogP contribution in [0, 0.1) is 0 Å². The maximum Gasteiger partial charge on any atom is 0.223 e. The standard InChI is InChI=1S/C13H17NO3/c1-17-12-5-2-10(3-6-12)8-14-9-11(15)4-7-13(14)16/h2-3,5-6,11,15H,4,7-9H2,1H3/t11-/m0/s1. The number of methoxy groups -OCH3 is 1. The maximum absolute atomic E-state index is 11.7. The summed E-state index contributed by atoms with van der Waals surface area (Å²) in [6.45, 7) is 0.991. The van der Waals surface area contributed by atoms with Crippen molar-refractivity contribution < 1.29 is 14.6 Å². The summed E-state index contributed by atoms with van der Waals surface area (Å²) in [5.74, 6) is 0.921. The van der Waals surface area contributed by atoms with E-state index >= 15 is 0 Å². The first kappa shape index (κ1) is 11.9. The molecule has 1 aromatic rings. The molecule has 17 heavy (non-hydrogen) atoms. The van der Waals surface area contributed by atoms with Crippen LogP contribution in [0.3, 0.4) is 0 Å². The molecule has 1 amide bonds. The van der Waals surface area contributed by atoms with Gasteiger partial charge in [-0.2, -0.15) is 0 Å². The second-order valence-corrected chi connectivity index (χ2v) is 4.31. The van der Waals surface area contributed by atoms with Crippen LogP contribution in [0.1, 0.15) is 18.4 Å². The Kier molecular flexibility index (Phi) is 3.64. The van der Waals surface area contributed by atoms with Gasteiger partial charge in [-0.15, -0.1) is 0 Å². The molecule has 1 aliphatic rings. The Morgan fingerprint density at radius 1 is 1.41 bits per heavy atom. The molecule has 0 unspecified atom stereocenters. The lowest BCUT2D eigenvalue weighted by atomic mass is 10.1. The average Bonchev–Trinajstić information content (AvgIpc) is 2.35. The van der Waals surface area contributed by atoms with Crippen molar-refractivity contribution in [2.75, 3.05) is 13.7 Å². The largest absolute Gasteiger partial charge is 0.497 e. The fourth-order valence-electron chi connectivity index (χ4n) is 2.00. The lowest BCUT2D eigenvalue weighted by molar-refractivity contribution is -0.137. The molecule has 92 valence electrons. The molecule has 4 heteroatoms. The third kappa shape index (κ3) is 2.97. The molecular formula is C13H17NO3. The number of rotatable bonds is 3. The molecule has 1 N–H and O–H groups in total. The van der Waals surface area contributed by atoms with E-state index in [1.807, 2.05) is 24.3 Å². The lowest BCUT2D eigenvalue weighted by Gasteiger charge is -2.30. The Balaban J connectivity index is 2.01. The van der Waals surface area contributed by atoms with Gasteiger partial charge in [0.05, 0.1) is 13.2 Å². The average molecular weight is 235 g/mol. The van der Waals surface area contributed by atoms with Crippen molar-refractivity contribution in [3.63, 3.8) is 0 Å². The highest BCUT2D eigenvalue weighted by atomic mass is 16.5. The number of likely N-dealkylation sites (tertiary alicyclic amines) is 1. The van der Waals surface area contributed by atoms with Crippen LogP contribution in [0.2, 0.25) is 0 Å². The van der Waals surface area contributed by atoms with E-state index in [1.165, 1.54) is 0 Å². The van der Waals surface area contributed by atoms with E-state index in [2.05, 4.69) is 0 Å². The van der Waals surface area contributed by atoms with Gasteiger partial charge in [-0.05, 0) is 24.1 Å². The number of hydrogen-bond donors (Lipinski definition) is 1. The van der Waals surface area contributed by atoms with Crippen LogP contribution in [0.5, 0.6) is 5.75 Å². The molecule has 0 saturated carbocycles. The van der Waals surface area contributed by atoms with E-state index in [-0.39, 0.29) is 12.0 Å². The van der Waals surface area contributed by atoms with Gasteiger partial charge in [0, 0.05) is 19.5 Å². The number of amides is 1. The number of nitrogens with zero attached hydrogens (tertiary/aromatic N) is 1. The summed E-state index contributed by atoms with van der Waals surface area (Å²) in [4.78, 5) is 13.4. The van der Waals surface area contributed by atoms with Gasteiger partial charge < -0.3 is 14.7 Å². The predicted octanol–water partition coefficient (Wildman–Crippen LogP) is 1.18. The number of aliphatic hydroxyl groups excluding tert-OH is 1. The smallest absolute Gasteiger partial charge is 0.223 e. The summed E-state index contributed by atoms with van der Waals surface area (Å²) in [5, 5.41) is 9.54. The Bertz CT molecular complexity index is 388. The van der Waals surface area contributed by atoms with Crippen LogP contribution < -0.4 is 4.74 Å². The minimum absolute atomic E-state index is 0.117. The molecule has 0 spiro atoms. The van der Waals surface area contributed by atoms with Crippen LogP contribution >= 0.6 is 0 Å². The zero-order valence-electron chi connectivity index (χ0n) is 9.93. The normalized spacial score (nSPS) is 20.5. The molecule has 1 aromatic carbocycles. The van der Waals surface area contributed by atoms with Gasteiger partial charge in [0.1, 0.15) is 5.75 Å². The van der Waals surface area contributed by atoms with Crippen molar-refractivity contribution in [1.82, 2.24) is 4.90 Å². The van der Waals surface area contributed by atoms with Crippen LogP contribution in [-0.2, 0) is 11.3 Å². The fourth-order valence-corrected chi connectivity index (χ4v) is 2.00. The first-order valence-corrected chi connectivity index (χ1v) is 5.78. The first-order valence-electron chi connectivity index (χ1n) is 5.78. The van der Waals surface area contributed by atoms with Gasteiger partial charge >= 0.3 is 0 Å². The van der Waals surface area contributed by atoms with Crippen LogP contribution in [0.25, 0.3) is 0 Å². The van der Waals surface area contributed by atoms with E-state index in [9.17, 15) is 9.90 Å². The minimum atomic E-state index is -0.383. The number of hydrogen-bond acceptors (Lipinski definition) is 3. The number of aliphatic hydroxyl groups is 1. The number of piperidine rings is 1. The van der Waals surface area contributed by atoms with Gasteiger partial charge in [-0.1, -0.05) is 12.1 Å². The van der Waals surface area contributed by atoms with Gasteiger partial charge in [0.2, 0.25) is 5.91 Å². The van der Waals surface area contributed by atoms with Gasteiger partial charge in [-0.25, -0.2) is 0 Å². The minimum Gasteiger partial charge on any atom is -0.497 e. The monoisotopic (exact) mass is 235 g/mol. The van der Waals surface area contributed by atoms with Gasteiger partial charge in [-0.3, -0.25) is 4.79 Å². The van der Waals surface area contributed by atoms with Crippen molar-refractivity contribution >= 4 is 5.91 Å². The highest BCUT2D eigenvalue weighted by molar-refractivity contribution is 5.77. The Morgan fingerprint density at radius 3 is 2.76 bits per heavy atom. The summed E-state index contributed by atoms with van der Waals surface area (Å²) in [7, 11) is 1.62. The summed E-state index contributed by atoms with van der Waals surface area (Å²) in [6, 6.07) is 7.63. The summed E-state index contributed by atoms with van der Waals surface area (Å²) < 4.78 is 5.08. The van der Waals surface area contributed by atoms with Crippen molar-refractivity contribution in [2.45, 2.75) is 25.5 Å². The summed E-state index contributed by atoms with van der Waals surface area (Å²) in [6.07, 6.45) is 0.640. The molecule has 1 fully saturated rings. The van der Waals surface area contributed by atoms with Crippen LogP contribution in [0.15, 0.2) is 24.3 Å². The van der Waals surface area contributed by atoms with Gasteiger partial charge in [0.15, 0.2) is 0 Å². The molecule has 1 saturated heterocycles. The number of β-amino-alcohol motifs (C(OH)–C–C–N with tert-alkyl or cyclic N) is 1. The highest BCUT2D eigenvalue weighted by Crippen LogP contribution is 2.17. The quantitative estimate of drug-likeness (QED) is 0.855.